The number of piperidine rings is 2. The highest BCUT2D eigenvalue weighted by Gasteiger charge is 2.34. The maximum atomic E-state index is 12.1. The van der Waals surface area contributed by atoms with Gasteiger partial charge in [-0.25, -0.2) is 0 Å². The van der Waals surface area contributed by atoms with E-state index in [1.165, 1.54) is 0 Å². The van der Waals surface area contributed by atoms with Gasteiger partial charge in [0.2, 0.25) is 11.8 Å². The van der Waals surface area contributed by atoms with Gasteiger partial charge in [-0.2, -0.15) is 0 Å². The summed E-state index contributed by atoms with van der Waals surface area (Å²) >= 11 is 0. The van der Waals surface area contributed by atoms with E-state index in [0.717, 1.165) is 39.0 Å². The molecule has 5 heteroatoms. The zero-order valence-electron chi connectivity index (χ0n) is 11.7. The maximum absolute atomic E-state index is 12.1. The summed E-state index contributed by atoms with van der Waals surface area (Å²) in [5.41, 5.74) is 0. The fourth-order valence-corrected chi connectivity index (χ4v) is 2.90. The molecule has 0 spiro atoms. The van der Waals surface area contributed by atoms with E-state index in [1.807, 2.05) is 4.90 Å². The number of amides is 2. The Bertz CT molecular complexity index is 333. The topological polar surface area (TPSA) is 58.6 Å². The van der Waals surface area contributed by atoms with Crippen molar-refractivity contribution < 1.29 is 14.3 Å². The van der Waals surface area contributed by atoms with E-state index in [2.05, 4.69) is 12.2 Å². The molecule has 2 rings (SSSR count). The normalized spacial score (nSPS) is 26.8. The first kappa shape index (κ1) is 14.3. The Kier molecular flexibility index (Phi) is 5.19. The number of hydrogen-bond acceptors (Lipinski definition) is 3. The number of ether oxygens (including phenoxy) is 1. The molecule has 0 aromatic heterocycles. The lowest BCUT2D eigenvalue weighted by Gasteiger charge is -2.41. The number of fused-ring (bicyclic) bond motifs is 1. The van der Waals surface area contributed by atoms with Gasteiger partial charge in [0.05, 0.1) is 13.0 Å². The summed E-state index contributed by atoms with van der Waals surface area (Å²) in [5, 5.41) is 3.04. The van der Waals surface area contributed by atoms with Gasteiger partial charge in [-0.1, -0.05) is 6.92 Å². The summed E-state index contributed by atoms with van der Waals surface area (Å²) in [6.45, 7) is 4.85. The summed E-state index contributed by atoms with van der Waals surface area (Å²) in [6.07, 6.45) is 3.86. The molecule has 2 aliphatic rings. The molecule has 0 aliphatic carbocycles. The van der Waals surface area contributed by atoms with Gasteiger partial charge in [0.1, 0.15) is 0 Å². The fourth-order valence-electron chi connectivity index (χ4n) is 2.90. The third-order valence-corrected chi connectivity index (χ3v) is 3.98. The van der Waals surface area contributed by atoms with Crippen LogP contribution in [0.3, 0.4) is 0 Å². The van der Waals surface area contributed by atoms with Crippen molar-refractivity contribution in [3.8, 4) is 0 Å². The zero-order chi connectivity index (χ0) is 13.7. The van der Waals surface area contributed by atoms with E-state index in [9.17, 15) is 9.59 Å². The number of carbonyl (C=O) groups excluding carboxylic acids is 2. The molecule has 2 saturated heterocycles. The van der Waals surface area contributed by atoms with Gasteiger partial charge in [0.15, 0.2) is 0 Å². The third-order valence-electron chi connectivity index (χ3n) is 3.98. The smallest absolute Gasteiger partial charge is 0.224 e. The molecule has 0 bridgehead atoms. The molecule has 2 heterocycles. The fraction of sp³-hybridized carbons (Fsp3) is 0.857. The Morgan fingerprint density at radius 3 is 3.05 bits per heavy atom. The standard InChI is InChI=1S/C14H24N2O3/c1-2-8-19-9-6-14(18)16-7-5-12-11(10-16)3-4-13(17)15-12/h11-12H,2-10H2,1H3,(H,15,17). The van der Waals surface area contributed by atoms with Crippen LogP contribution in [-0.4, -0.2) is 49.1 Å². The number of hydrogen-bond donors (Lipinski definition) is 1. The molecule has 0 radical (unpaired) electrons. The Morgan fingerprint density at radius 2 is 2.26 bits per heavy atom. The lowest BCUT2D eigenvalue weighted by atomic mass is 9.85. The van der Waals surface area contributed by atoms with Gasteiger partial charge < -0.3 is 15.0 Å². The van der Waals surface area contributed by atoms with Crippen LogP contribution >= 0.6 is 0 Å². The van der Waals surface area contributed by atoms with Crippen LogP contribution in [0.1, 0.15) is 39.0 Å². The van der Waals surface area contributed by atoms with Crippen LogP contribution in [0.2, 0.25) is 0 Å². The van der Waals surface area contributed by atoms with Crippen molar-refractivity contribution in [3.05, 3.63) is 0 Å². The lowest BCUT2D eigenvalue weighted by molar-refractivity contribution is -0.135. The minimum absolute atomic E-state index is 0.161. The average Bonchev–Trinajstić information content (AvgIpc) is 2.42. The van der Waals surface area contributed by atoms with Crippen LogP contribution < -0.4 is 5.32 Å². The molecule has 2 aliphatic heterocycles. The Balaban J connectivity index is 1.74. The molecule has 0 aromatic rings. The highest BCUT2D eigenvalue weighted by molar-refractivity contribution is 5.78. The van der Waals surface area contributed by atoms with Crippen molar-refractivity contribution >= 4 is 11.8 Å². The monoisotopic (exact) mass is 268 g/mol. The number of likely N-dealkylation sites (tertiary alicyclic amines) is 1. The van der Waals surface area contributed by atoms with Gasteiger partial charge in [0.25, 0.3) is 0 Å². The second-order valence-electron chi connectivity index (χ2n) is 5.46. The Morgan fingerprint density at radius 1 is 1.42 bits per heavy atom. The van der Waals surface area contributed by atoms with Crippen molar-refractivity contribution in [1.29, 1.82) is 0 Å². The first-order valence-electron chi connectivity index (χ1n) is 7.35. The average molecular weight is 268 g/mol. The molecule has 2 fully saturated rings. The van der Waals surface area contributed by atoms with Gasteiger partial charge in [-0.15, -0.1) is 0 Å². The number of nitrogens with one attached hydrogen (secondary N) is 1. The van der Waals surface area contributed by atoms with E-state index in [0.29, 0.717) is 25.4 Å². The molecule has 1 N–H and O–H groups in total. The quantitative estimate of drug-likeness (QED) is 0.755. The summed E-state index contributed by atoms with van der Waals surface area (Å²) in [4.78, 5) is 25.3. The van der Waals surface area contributed by atoms with Crippen LogP contribution in [0.15, 0.2) is 0 Å². The number of carbonyl (C=O) groups is 2. The van der Waals surface area contributed by atoms with Crippen molar-refractivity contribution in [1.82, 2.24) is 10.2 Å². The van der Waals surface area contributed by atoms with Crippen molar-refractivity contribution in [3.63, 3.8) is 0 Å². The molecule has 0 aromatic carbocycles. The molecule has 5 nitrogen and oxygen atoms in total. The molecule has 2 unspecified atom stereocenters. The lowest BCUT2D eigenvalue weighted by Crippen LogP contribution is -2.55. The first-order valence-corrected chi connectivity index (χ1v) is 7.35. The van der Waals surface area contributed by atoms with Crippen LogP contribution in [0, 0.1) is 5.92 Å². The predicted octanol–water partition coefficient (Wildman–Crippen LogP) is 0.930. The van der Waals surface area contributed by atoms with Crippen LogP contribution in [0.4, 0.5) is 0 Å². The van der Waals surface area contributed by atoms with Gasteiger partial charge in [0, 0.05) is 32.2 Å². The first-order chi connectivity index (χ1) is 9.20. The van der Waals surface area contributed by atoms with E-state index < -0.39 is 0 Å². The van der Waals surface area contributed by atoms with Crippen LogP contribution in [0.5, 0.6) is 0 Å². The molecule has 2 atom stereocenters. The maximum Gasteiger partial charge on any atom is 0.224 e. The van der Waals surface area contributed by atoms with E-state index >= 15 is 0 Å². The van der Waals surface area contributed by atoms with Crippen LogP contribution in [0.25, 0.3) is 0 Å². The highest BCUT2D eigenvalue weighted by atomic mass is 16.5. The SMILES string of the molecule is CCCOCCC(=O)N1CCC2NC(=O)CCC2C1. The van der Waals surface area contributed by atoms with E-state index in [1.54, 1.807) is 0 Å². The number of nitrogens with zero attached hydrogens (tertiary/aromatic N) is 1. The second kappa shape index (κ2) is 6.89. The summed E-state index contributed by atoms with van der Waals surface area (Å²) in [5.74, 6) is 0.785. The predicted molar refractivity (Wildman–Crippen MR) is 71.6 cm³/mol. The Labute approximate surface area is 114 Å². The second-order valence-corrected chi connectivity index (χ2v) is 5.46. The molecule has 0 saturated carbocycles. The molecular weight excluding hydrogens is 244 g/mol. The van der Waals surface area contributed by atoms with Crippen molar-refractivity contribution in [2.24, 2.45) is 5.92 Å². The largest absolute Gasteiger partial charge is 0.381 e. The molecule has 19 heavy (non-hydrogen) atoms. The van der Waals surface area contributed by atoms with E-state index in [4.69, 9.17) is 4.74 Å². The van der Waals surface area contributed by atoms with Gasteiger partial charge >= 0.3 is 0 Å². The summed E-state index contributed by atoms with van der Waals surface area (Å²) in [7, 11) is 0. The zero-order valence-corrected chi connectivity index (χ0v) is 11.7. The Hall–Kier alpha value is -1.10. The van der Waals surface area contributed by atoms with Gasteiger partial charge in [-0.05, 0) is 25.2 Å². The highest BCUT2D eigenvalue weighted by Crippen LogP contribution is 2.25. The minimum atomic E-state index is 0.161. The molecule has 108 valence electrons. The summed E-state index contributed by atoms with van der Waals surface area (Å²) < 4.78 is 5.36. The number of rotatable bonds is 5. The molecular formula is C14H24N2O3. The van der Waals surface area contributed by atoms with Gasteiger partial charge in [-0.3, -0.25) is 9.59 Å². The van der Waals surface area contributed by atoms with Crippen molar-refractivity contribution in [2.45, 2.75) is 45.1 Å². The molecule has 2 amide bonds. The minimum Gasteiger partial charge on any atom is -0.381 e. The van der Waals surface area contributed by atoms with Crippen LogP contribution in [-0.2, 0) is 14.3 Å². The van der Waals surface area contributed by atoms with E-state index in [-0.39, 0.29) is 17.9 Å². The van der Waals surface area contributed by atoms with Crippen molar-refractivity contribution in [2.75, 3.05) is 26.3 Å². The summed E-state index contributed by atoms with van der Waals surface area (Å²) in [6, 6.07) is 0.279. The third kappa shape index (κ3) is 3.93.